The Balaban J connectivity index is 2.59. The van der Waals surface area contributed by atoms with Crippen LogP contribution in [0.3, 0.4) is 0 Å². The monoisotopic (exact) mass is 268 g/mol. The summed E-state index contributed by atoms with van der Waals surface area (Å²) in [6.45, 7) is 20.0. The van der Waals surface area contributed by atoms with Gasteiger partial charge in [0.15, 0.2) is 0 Å². The van der Waals surface area contributed by atoms with Gasteiger partial charge in [-0.1, -0.05) is 27.7 Å². The summed E-state index contributed by atoms with van der Waals surface area (Å²) >= 11 is 0. The number of hydrogen-bond acceptors (Lipinski definition) is 2. The fourth-order valence-electron chi connectivity index (χ4n) is 3.06. The molecule has 2 unspecified atom stereocenters. The van der Waals surface area contributed by atoms with Gasteiger partial charge in [0.2, 0.25) is 0 Å². The molecule has 0 amide bonds. The number of likely N-dealkylation sites (tertiary alicyclic amines) is 1. The van der Waals surface area contributed by atoms with Gasteiger partial charge in [-0.15, -0.1) is 0 Å². The molecule has 0 radical (unpaired) electrons. The van der Waals surface area contributed by atoms with E-state index in [9.17, 15) is 0 Å². The van der Waals surface area contributed by atoms with Crippen LogP contribution in [0.2, 0.25) is 0 Å². The molecule has 1 N–H and O–H groups in total. The van der Waals surface area contributed by atoms with Gasteiger partial charge in [0.25, 0.3) is 0 Å². The second-order valence-corrected chi connectivity index (χ2v) is 8.19. The number of nitrogens with zero attached hydrogens (tertiary/aromatic N) is 1. The zero-order chi connectivity index (χ0) is 14.7. The summed E-state index contributed by atoms with van der Waals surface area (Å²) in [4.78, 5) is 2.75. The molecule has 2 atom stereocenters. The van der Waals surface area contributed by atoms with Crippen molar-refractivity contribution < 1.29 is 0 Å². The molecule has 1 heterocycles. The Morgan fingerprint density at radius 2 is 1.84 bits per heavy atom. The Kier molecular flexibility index (Phi) is 5.88. The van der Waals surface area contributed by atoms with E-state index in [0.717, 1.165) is 18.5 Å². The van der Waals surface area contributed by atoms with Crippen LogP contribution in [0.25, 0.3) is 0 Å². The van der Waals surface area contributed by atoms with Crippen molar-refractivity contribution in [2.75, 3.05) is 19.6 Å². The van der Waals surface area contributed by atoms with Crippen LogP contribution >= 0.6 is 0 Å². The summed E-state index contributed by atoms with van der Waals surface area (Å²) in [6, 6.07) is 0.806. The minimum absolute atomic E-state index is 0.221. The van der Waals surface area contributed by atoms with Crippen molar-refractivity contribution in [2.24, 2.45) is 11.3 Å². The maximum Gasteiger partial charge on any atom is 0.0119 e. The van der Waals surface area contributed by atoms with Crippen molar-refractivity contribution in [1.29, 1.82) is 0 Å². The van der Waals surface area contributed by atoms with Crippen LogP contribution in [0.15, 0.2) is 0 Å². The Morgan fingerprint density at radius 1 is 1.21 bits per heavy atom. The SMILES string of the molecule is CCC(C)(CNC(C)(C)C)CN1CCCC1C(C)C. The molecule has 1 fully saturated rings. The van der Waals surface area contributed by atoms with Gasteiger partial charge in [0.1, 0.15) is 0 Å². The summed E-state index contributed by atoms with van der Waals surface area (Å²) < 4.78 is 0. The van der Waals surface area contributed by atoms with E-state index < -0.39 is 0 Å². The van der Waals surface area contributed by atoms with E-state index in [2.05, 4.69) is 58.7 Å². The summed E-state index contributed by atoms with van der Waals surface area (Å²) in [7, 11) is 0. The van der Waals surface area contributed by atoms with Crippen molar-refractivity contribution in [3.05, 3.63) is 0 Å². The first kappa shape index (κ1) is 17.0. The molecule has 0 aromatic heterocycles. The van der Waals surface area contributed by atoms with Gasteiger partial charge in [0.05, 0.1) is 0 Å². The van der Waals surface area contributed by atoms with E-state index >= 15 is 0 Å². The molecular weight excluding hydrogens is 232 g/mol. The van der Waals surface area contributed by atoms with Gasteiger partial charge < -0.3 is 5.32 Å². The maximum atomic E-state index is 3.70. The van der Waals surface area contributed by atoms with Crippen molar-refractivity contribution in [3.8, 4) is 0 Å². The lowest BCUT2D eigenvalue weighted by Crippen LogP contribution is -2.48. The Bertz CT molecular complexity index is 267. The number of rotatable bonds is 6. The van der Waals surface area contributed by atoms with E-state index in [1.165, 1.54) is 32.4 Å². The van der Waals surface area contributed by atoms with E-state index in [4.69, 9.17) is 0 Å². The Labute approximate surface area is 121 Å². The van der Waals surface area contributed by atoms with Gasteiger partial charge in [0, 0.05) is 24.7 Å². The highest BCUT2D eigenvalue weighted by molar-refractivity contribution is 4.89. The van der Waals surface area contributed by atoms with Crippen LogP contribution < -0.4 is 5.32 Å². The fourth-order valence-corrected chi connectivity index (χ4v) is 3.06. The Hall–Kier alpha value is -0.0800. The van der Waals surface area contributed by atoms with Crippen molar-refractivity contribution in [1.82, 2.24) is 10.2 Å². The van der Waals surface area contributed by atoms with Crippen molar-refractivity contribution in [3.63, 3.8) is 0 Å². The van der Waals surface area contributed by atoms with Crippen LogP contribution in [0.1, 0.15) is 67.7 Å². The summed E-state index contributed by atoms with van der Waals surface area (Å²) in [5.74, 6) is 0.791. The average molecular weight is 268 g/mol. The molecule has 2 heteroatoms. The van der Waals surface area contributed by atoms with Crippen LogP contribution in [-0.4, -0.2) is 36.1 Å². The molecule has 1 rings (SSSR count). The van der Waals surface area contributed by atoms with E-state index in [-0.39, 0.29) is 5.54 Å². The zero-order valence-electron chi connectivity index (χ0n) is 14.3. The molecule has 0 spiro atoms. The minimum Gasteiger partial charge on any atom is -0.311 e. The van der Waals surface area contributed by atoms with Crippen LogP contribution in [-0.2, 0) is 0 Å². The first-order valence-electron chi connectivity index (χ1n) is 8.16. The molecule has 19 heavy (non-hydrogen) atoms. The van der Waals surface area contributed by atoms with E-state index in [0.29, 0.717) is 5.41 Å². The highest BCUT2D eigenvalue weighted by Gasteiger charge is 2.33. The summed E-state index contributed by atoms with van der Waals surface area (Å²) in [5.41, 5.74) is 0.615. The molecule has 114 valence electrons. The van der Waals surface area contributed by atoms with Crippen LogP contribution in [0, 0.1) is 11.3 Å². The summed E-state index contributed by atoms with van der Waals surface area (Å²) in [5, 5.41) is 3.70. The van der Waals surface area contributed by atoms with Gasteiger partial charge in [-0.2, -0.15) is 0 Å². The molecule has 0 aromatic carbocycles. The topological polar surface area (TPSA) is 15.3 Å². The zero-order valence-corrected chi connectivity index (χ0v) is 14.3. The lowest BCUT2D eigenvalue weighted by molar-refractivity contribution is 0.117. The average Bonchev–Trinajstić information content (AvgIpc) is 2.73. The lowest BCUT2D eigenvalue weighted by Gasteiger charge is -2.39. The first-order chi connectivity index (χ1) is 8.67. The minimum atomic E-state index is 0.221. The predicted molar refractivity (Wildman–Crippen MR) is 85.6 cm³/mol. The quantitative estimate of drug-likeness (QED) is 0.785. The second-order valence-electron chi connectivity index (χ2n) is 8.19. The fraction of sp³-hybridized carbons (Fsp3) is 1.00. The molecule has 0 saturated carbocycles. The van der Waals surface area contributed by atoms with Gasteiger partial charge >= 0.3 is 0 Å². The molecule has 1 saturated heterocycles. The lowest BCUT2D eigenvalue weighted by atomic mass is 9.85. The second kappa shape index (κ2) is 6.58. The van der Waals surface area contributed by atoms with Gasteiger partial charge in [-0.3, -0.25) is 4.90 Å². The third-order valence-electron chi connectivity index (χ3n) is 4.67. The smallest absolute Gasteiger partial charge is 0.0119 e. The van der Waals surface area contributed by atoms with Gasteiger partial charge in [-0.05, 0) is 57.9 Å². The third kappa shape index (κ3) is 5.43. The standard InChI is InChI=1S/C17H36N2/c1-8-17(7,12-18-16(4,5)6)13-19-11-9-10-15(19)14(2)3/h14-15,18H,8-13H2,1-7H3. The largest absolute Gasteiger partial charge is 0.311 e. The highest BCUT2D eigenvalue weighted by Crippen LogP contribution is 2.30. The first-order valence-corrected chi connectivity index (χ1v) is 8.16. The molecular formula is C17H36N2. The van der Waals surface area contributed by atoms with E-state index in [1.54, 1.807) is 0 Å². The summed E-state index contributed by atoms with van der Waals surface area (Å²) in [6.07, 6.45) is 4.02. The molecule has 0 aromatic rings. The van der Waals surface area contributed by atoms with Crippen molar-refractivity contribution in [2.45, 2.75) is 79.3 Å². The van der Waals surface area contributed by atoms with Crippen LogP contribution in [0.4, 0.5) is 0 Å². The van der Waals surface area contributed by atoms with E-state index in [1.807, 2.05) is 0 Å². The third-order valence-corrected chi connectivity index (χ3v) is 4.67. The Morgan fingerprint density at radius 3 is 2.32 bits per heavy atom. The highest BCUT2D eigenvalue weighted by atomic mass is 15.2. The molecule has 1 aliphatic rings. The molecule has 1 aliphatic heterocycles. The number of hydrogen-bond donors (Lipinski definition) is 1. The predicted octanol–water partition coefficient (Wildman–Crippen LogP) is 3.91. The normalized spacial score (nSPS) is 24.9. The molecule has 2 nitrogen and oxygen atoms in total. The van der Waals surface area contributed by atoms with Gasteiger partial charge in [-0.25, -0.2) is 0 Å². The van der Waals surface area contributed by atoms with Crippen molar-refractivity contribution >= 4 is 0 Å². The number of nitrogens with one attached hydrogen (secondary N) is 1. The maximum absolute atomic E-state index is 3.70. The molecule has 0 bridgehead atoms. The van der Waals surface area contributed by atoms with Crippen LogP contribution in [0.5, 0.6) is 0 Å². The molecule has 0 aliphatic carbocycles.